The Morgan fingerprint density at radius 1 is 1.27 bits per heavy atom. The zero-order valence-electron chi connectivity index (χ0n) is 14.3. The molecule has 0 heterocycles. The van der Waals surface area contributed by atoms with Gasteiger partial charge in [-0.05, 0) is 37.5 Å². The lowest BCUT2D eigenvalue weighted by Gasteiger charge is -2.36. The highest BCUT2D eigenvalue weighted by molar-refractivity contribution is 5.85. The first-order valence-electron chi connectivity index (χ1n) is 8.44. The van der Waals surface area contributed by atoms with Crippen LogP contribution in [-0.4, -0.2) is 36.2 Å². The number of carbonyl (C=O) groups excluding carboxylic acids is 2. The van der Waals surface area contributed by atoms with Gasteiger partial charge in [0.05, 0.1) is 6.61 Å². The Bertz CT molecular complexity index is 370. The number of rotatable bonds is 7. The minimum atomic E-state index is -0.642. The summed E-state index contributed by atoms with van der Waals surface area (Å²) in [7, 11) is 0. The maximum absolute atomic E-state index is 12.5. The van der Waals surface area contributed by atoms with Crippen LogP contribution in [0.2, 0.25) is 0 Å². The fraction of sp³-hybridized carbons (Fsp3) is 0.882. The molecule has 1 amide bonds. The number of hydrogen-bond donors (Lipinski definition) is 2. The third kappa shape index (κ3) is 5.59. The summed E-state index contributed by atoms with van der Waals surface area (Å²) in [5.41, 5.74) is 0. The molecule has 3 unspecified atom stereocenters. The first kappa shape index (κ1) is 18.9. The zero-order chi connectivity index (χ0) is 16.7. The molecule has 1 saturated carbocycles. The van der Waals surface area contributed by atoms with E-state index in [1.54, 1.807) is 6.92 Å². The summed E-state index contributed by atoms with van der Waals surface area (Å²) in [6.07, 6.45) is 3.56. The number of aliphatic hydroxyl groups excluding tert-OH is 1. The van der Waals surface area contributed by atoms with Crippen molar-refractivity contribution < 1.29 is 19.4 Å². The van der Waals surface area contributed by atoms with Gasteiger partial charge in [0.1, 0.15) is 6.04 Å². The van der Waals surface area contributed by atoms with Gasteiger partial charge < -0.3 is 15.2 Å². The fourth-order valence-corrected chi connectivity index (χ4v) is 3.25. The third-order valence-corrected chi connectivity index (χ3v) is 4.62. The number of esters is 1. The van der Waals surface area contributed by atoms with Gasteiger partial charge in [0, 0.05) is 18.9 Å². The third-order valence-electron chi connectivity index (χ3n) is 4.62. The molecule has 0 aromatic heterocycles. The van der Waals surface area contributed by atoms with E-state index in [9.17, 15) is 9.59 Å². The maximum Gasteiger partial charge on any atom is 0.328 e. The molecule has 22 heavy (non-hydrogen) atoms. The second kappa shape index (κ2) is 9.13. The standard InChI is InChI=1S/C17H31NO4/c1-11(2)14-7-6-12(3)10-15(14)16(20)18-13(4)17(21)22-9-5-8-19/h11-15,19H,5-10H2,1-4H3,(H,18,20)/t12?,13?,14-,15?/m0/s1. The minimum Gasteiger partial charge on any atom is -0.464 e. The van der Waals surface area contributed by atoms with E-state index in [4.69, 9.17) is 9.84 Å². The van der Waals surface area contributed by atoms with E-state index < -0.39 is 12.0 Å². The molecule has 5 heteroatoms. The highest BCUT2D eigenvalue weighted by Gasteiger charge is 2.36. The summed E-state index contributed by atoms with van der Waals surface area (Å²) < 4.78 is 5.01. The molecule has 5 nitrogen and oxygen atoms in total. The van der Waals surface area contributed by atoms with Gasteiger partial charge in [0.2, 0.25) is 5.91 Å². The molecule has 1 aliphatic carbocycles. The molecule has 1 fully saturated rings. The number of carbonyl (C=O) groups is 2. The Labute approximate surface area is 133 Å². The summed E-state index contributed by atoms with van der Waals surface area (Å²) in [5.74, 6) is 0.918. The molecular formula is C17H31NO4. The largest absolute Gasteiger partial charge is 0.464 e. The van der Waals surface area contributed by atoms with Gasteiger partial charge in [0.15, 0.2) is 0 Å². The first-order valence-corrected chi connectivity index (χ1v) is 8.44. The topological polar surface area (TPSA) is 75.6 Å². The molecular weight excluding hydrogens is 282 g/mol. The minimum absolute atomic E-state index is 0.00987. The van der Waals surface area contributed by atoms with Crippen LogP contribution in [0.3, 0.4) is 0 Å². The van der Waals surface area contributed by atoms with Crippen LogP contribution in [0.4, 0.5) is 0 Å². The van der Waals surface area contributed by atoms with Gasteiger partial charge in [-0.25, -0.2) is 4.79 Å². The monoisotopic (exact) mass is 313 g/mol. The predicted octanol–water partition coefficient (Wildman–Crippen LogP) is 2.13. The molecule has 128 valence electrons. The van der Waals surface area contributed by atoms with Crippen molar-refractivity contribution >= 4 is 11.9 Å². The van der Waals surface area contributed by atoms with E-state index in [-0.39, 0.29) is 25.0 Å². The molecule has 0 spiro atoms. The van der Waals surface area contributed by atoms with Crippen molar-refractivity contribution in [2.24, 2.45) is 23.7 Å². The molecule has 1 rings (SSSR count). The van der Waals surface area contributed by atoms with Crippen LogP contribution in [0.15, 0.2) is 0 Å². The molecule has 0 radical (unpaired) electrons. The van der Waals surface area contributed by atoms with Gasteiger partial charge >= 0.3 is 5.97 Å². The summed E-state index contributed by atoms with van der Waals surface area (Å²) in [6.45, 7) is 8.33. The Kier molecular flexibility index (Phi) is 7.87. The van der Waals surface area contributed by atoms with Crippen molar-refractivity contribution in [3.63, 3.8) is 0 Å². The molecule has 1 aliphatic rings. The van der Waals surface area contributed by atoms with Crippen molar-refractivity contribution in [2.75, 3.05) is 13.2 Å². The fourth-order valence-electron chi connectivity index (χ4n) is 3.25. The normalized spacial score (nSPS) is 26.5. The second-order valence-corrected chi connectivity index (χ2v) is 6.91. The van der Waals surface area contributed by atoms with Gasteiger partial charge in [0.25, 0.3) is 0 Å². The number of hydrogen-bond acceptors (Lipinski definition) is 4. The van der Waals surface area contributed by atoms with Crippen molar-refractivity contribution in [3.8, 4) is 0 Å². The Morgan fingerprint density at radius 2 is 1.95 bits per heavy atom. The van der Waals surface area contributed by atoms with E-state index in [1.807, 2.05) is 0 Å². The lowest BCUT2D eigenvalue weighted by molar-refractivity contribution is -0.148. The highest BCUT2D eigenvalue weighted by atomic mass is 16.5. The Balaban J connectivity index is 2.55. The van der Waals surface area contributed by atoms with Crippen molar-refractivity contribution in [2.45, 2.75) is 59.4 Å². The van der Waals surface area contributed by atoms with Crippen LogP contribution in [-0.2, 0) is 14.3 Å². The Hall–Kier alpha value is -1.10. The average Bonchev–Trinajstić information content (AvgIpc) is 2.46. The second-order valence-electron chi connectivity index (χ2n) is 6.91. The van der Waals surface area contributed by atoms with E-state index in [0.29, 0.717) is 24.2 Å². The number of aliphatic hydroxyl groups is 1. The van der Waals surface area contributed by atoms with Gasteiger partial charge in [-0.15, -0.1) is 0 Å². The number of ether oxygens (including phenoxy) is 1. The van der Waals surface area contributed by atoms with Crippen molar-refractivity contribution in [1.29, 1.82) is 0 Å². The SMILES string of the molecule is CC1CC[C@@H](C(C)C)C(C(=O)NC(C)C(=O)OCCCO)C1. The lowest BCUT2D eigenvalue weighted by Crippen LogP contribution is -2.46. The number of nitrogens with one attached hydrogen (secondary N) is 1. The highest BCUT2D eigenvalue weighted by Crippen LogP contribution is 2.38. The molecule has 0 saturated heterocycles. The molecule has 0 aromatic rings. The molecule has 0 bridgehead atoms. The summed E-state index contributed by atoms with van der Waals surface area (Å²) in [4.78, 5) is 24.3. The van der Waals surface area contributed by atoms with E-state index in [1.165, 1.54) is 6.42 Å². The molecule has 0 aromatic carbocycles. The smallest absolute Gasteiger partial charge is 0.328 e. The van der Waals surface area contributed by atoms with Crippen LogP contribution >= 0.6 is 0 Å². The first-order chi connectivity index (χ1) is 10.4. The number of amides is 1. The van der Waals surface area contributed by atoms with Crippen LogP contribution < -0.4 is 5.32 Å². The van der Waals surface area contributed by atoms with E-state index in [2.05, 4.69) is 26.1 Å². The molecule has 2 N–H and O–H groups in total. The van der Waals surface area contributed by atoms with Crippen LogP contribution in [0.1, 0.15) is 53.4 Å². The van der Waals surface area contributed by atoms with Crippen LogP contribution in [0, 0.1) is 23.7 Å². The van der Waals surface area contributed by atoms with Gasteiger partial charge in [-0.2, -0.15) is 0 Å². The van der Waals surface area contributed by atoms with Crippen molar-refractivity contribution in [1.82, 2.24) is 5.32 Å². The van der Waals surface area contributed by atoms with Crippen molar-refractivity contribution in [3.05, 3.63) is 0 Å². The van der Waals surface area contributed by atoms with Crippen LogP contribution in [0.25, 0.3) is 0 Å². The predicted molar refractivity (Wildman–Crippen MR) is 85.1 cm³/mol. The molecule has 0 aliphatic heterocycles. The van der Waals surface area contributed by atoms with E-state index in [0.717, 1.165) is 12.8 Å². The summed E-state index contributed by atoms with van der Waals surface area (Å²) in [5, 5.41) is 11.5. The maximum atomic E-state index is 12.5. The quantitative estimate of drug-likeness (QED) is 0.557. The zero-order valence-corrected chi connectivity index (χ0v) is 14.3. The van der Waals surface area contributed by atoms with Gasteiger partial charge in [-0.3, -0.25) is 4.79 Å². The molecule has 4 atom stereocenters. The van der Waals surface area contributed by atoms with E-state index >= 15 is 0 Å². The van der Waals surface area contributed by atoms with Gasteiger partial charge in [-0.1, -0.05) is 27.2 Å². The lowest BCUT2D eigenvalue weighted by atomic mass is 9.69. The van der Waals surface area contributed by atoms with Crippen LogP contribution in [0.5, 0.6) is 0 Å². The summed E-state index contributed by atoms with van der Waals surface area (Å²) >= 11 is 0. The average molecular weight is 313 g/mol. The Morgan fingerprint density at radius 3 is 2.55 bits per heavy atom. The summed E-state index contributed by atoms with van der Waals surface area (Å²) in [6, 6.07) is -0.642.